The van der Waals surface area contributed by atoms with Crippen LogP contribution in [0, 0.1) is 0 Å². The van der Waals surface area contributed by atoms with Crippen LogP contribution in [0.3, 0.4) is 0 Å². The maximum atomic E-state index is 12.2. The molecular formula is C22H26N2O3. The molecule has 1 fully saturated rings. The molecule has 0 unspecified atom stereocenters. The summed E-state index contributed by atoms with van der Waals surface area (Å²) in [5.41, 5.74) is 2.81. The van der Waals surface area contributed by atoms with Gasteiger partial charge in [-0.05, 0) is 42.8 Å². The molecule has 1 saturated heterocycles. The number of para-hydroxylation sites is 1. The summed E-state index contributed by atoms with van der Waals surface area (Å²) in [6.45, 7) is 6.03. The summed E-state index contributed by atoms with van der Waals surface area (Å²) in [6, 6.07) is 15.6. The van der Waals surface area contributed by atoms with E-state index in [1.165, 1.54) is 6.08 Å². The zero-order chi connectivity index (χ0) is 18.9. The Morgan fingerprint density at radius 2 is 1.89 bits per heavy atom. The molecule has 0 atom stereocenters. The Balaban J connectivity index is 1.58. The third kappa shape index (κ3) is 5.59. The van der Waals surface area contributed by atoms with Crippen LogP contribution >= 0.6 is 0 Å². The van der Waals surface area contributed by atoms with E-state index in [9.17, 15) is 4.79 Å². The van der Waals surface area contributed by atoms with E-state index in [1.54, 1.807) is 6.08 Å². The van der Waals surface area contributed by atoms with Crippen molar-refractivity contribution in [3.8, 4) is 5.75 Å². The Hall–Kier alpha value is -2.79. The van der Waals surface area contributed by atoms with Crippen molar-refractivity contribution in [1.82, 2.24) is 0 Å². The summed E-state index contributed by atoms with van der Waals surface area (Å²) in [6.07, 6.45) is 4.26. The molecule has 142 valence electrons. The van der Waals surface area contributed by atoms with Gasteiger partial charge < -0.3 is 19.7 Å². The zero-order valence-electron chi connectivity index (χ0n) is 15.7. The van der Waals surface area contributed by atoms with Crippen molar-refractivity contribution < 1.29 is 14.3 Å². The molecule has 1 aliphatic heterocycles. The summed E-state index contributed by atoms with van der Waals surface area (Å²) in [4.78, 5) is 14.5. The van der Waals surface area contributed by atoms with Gasteiger partial charge in [-0.1, -0.05) is 25.1 Å². The van der Waals surface area contributed by atoms with E-state index < -0.39 is 0 Å². The van der Waals surface area contributed by atoms with Gasteiger partial charge in [0.15, 0.2) is 0 Å². The molecule has 27 heavy (non-hydrogen) atoms. The molecule has 2 aromatic rings. The van der Waals surface area contributed by atoms with E-state index in [2.05, 4.69) is 17.1 Å². The molecule has 2 aromatic carbocycles. The number of carbonyl (C=O) groups excluding carboxylic acids is 1. The minimum atomic E-state index is -0.167. The topological polar surface area (TPSA) is 50.8 Å². The molecule has 0 saturated carbocycles. The Labute approximate surface area is 160 Å². The molecule has 0 aliphatic carbocycles. The summed E-state index contributed by atoms with van der Waals surface area (Å²) in [5, 5.41) is 2.90. The van der Waals surface area contributed by atoms with Crippen molar-refractivity contribution in [2.24, 2.45) is 0 Å². The summed E-state index contributed by atoms with van der Waals surface area (Å²) >= 11 is 0. The molecule has 0 spiro atoms. The zero-order valence-corrected chi connectivity index (χ0v) is 15.7. The fourth-order valence-corrected chi connectivity index (χ4v) is 2.89. The summed E-state index contributed by atoms with van der Waals surface area (Å²) < 4.78 is 11.1. The first-order chi connectivity index (χ1) is 13.3. The lowest BCUT2D eigenvalue weighted by Crippen LogP contribution is -2.36. The Morgan fingerprint density at radius 1 is 1.15 bits per heavy atom. The van der Waals surface area contributed by atoms with Crippen LogP contribution in [0.15, 0.2) is 54.6 Å². The van der Waals surface area contributed by atoms with E-state index in [4.69, 9.17) is 9.47 Å². The highest BCUT2D eigenvalue weighted by Gasteiger charge is 2.11. The van der Waals surface area contributed by atoms with Gasteiger partial charge in [-0.3, -0.25) is 4.79 Å². The van der Waals surface area contributed by atoms with Crippen molar-refractivity contribution in [3.05, 3.63) is 60.2 Å². The predicted molar refractivity (Wildman–Crippen MR) is 109 cm³/mol. The highest BCUT2D eigenvalue weighted by molar-refractivity contribution is 6.02. The highest BCUT2D eigenvalue weighted by atomic mass is 16.5. The Bertz CT molecular complexity index is 765. The van der Waals surface area contributed by atoms with Gasteiger partial charge >= 0.3 is 0 Å². The van der Waals surface area contributed by atoms with Crippen molar-refractivity contribution in [1.29, 1.82) is 0 Å². The van der Waals surface area contributed by atoms with E-state index in [0.29, 0.717) is 6.61 Å². The molecule has 0 radical (unpaired) electrons. The van der Waals surface area contributed by atoms with Crippen LogP contribution in [0.4, 0.5) is 11.4 Å². The van der Waals surface area contributed by atoms with Crippen LogP contribution in [0.5, 0.6) is 5.75 Å². The van der Waals surface area contributed by atoms with E-state index in [-0.39, 0.29) is 5.91 Å². The first-order valence-corrected chi connectivity index (χ1v) is 9.40. The molecule has 0 bridgehead atoms. The molecule has 0 aromatic heterocycles. The maximum Gasteiger partial charge on any atom is 0.248 e. The number of nitrogens with zero attached hydrogens (tertiary/aromatic N) is 1. The molecule has 1 N–H and O–H groups in total. The van der Waals surface area contributed by atoms with Crippen LogP contribution in [0.1, 0.15) is 18.9 Å². The Morgan fingerprint density at radius 3 is 2.63 bits per heavy atom. The molecule has 1 aliphatic rings. The third-order valence-electron chi connectivity index (χ3n) is 4.31. The van der Waals surface area contributed by atoms with E-state index >= 15 is 0 Å². The number of benzene rings is 2. The molecule has 5 nitrogen and oxygen atoms in total. The van der Waals surface area contributed by atoms with Gasteiger partial charge in [0.2, 0.25) is 5.91 Å². The number of morpholine rings is 1. The van der Waals surface area contributed by atoms with E-state index in [0.717, 1.165) is 55.4 Å². The SMILES string of the molecule is CCCOc1ccccc1C=CC(=O)Nc1ccc(N2CCOCC2)cc1. The van der Waals surface area contributed by atoms with Crippen molar-refractivity contribution in [3.63, 3.8) is 0 Å². The first-order valence-electron chi connectivity index (χ1n) is 9.40. The van der Waals surface area contributed by atoms with Crippen LogP contribution in [-0.4, -0.2) is 38.8 Å². The van der Waals surface area contributed by atoms with E-state index in [1.807, 2.05) is 48.5 Å². The fraction of sp³-hybridized carbons (Fsp3) is 0.318. The standard InChI is InChI=1S/C22H26N2O3/c1-2-15-27-21-6-4-3-5-18(21)7-12-22(25)23-19-8-10-20(11-9-19)24-13-16-26-17-14-24/h3-12H,2,13-17H2,1H3,(H,23,25). The normalized spacial score (nSPS) is 14.3. The first kappa shape index (κ1) is 19.0. The summed E-state index contributed by atoms with van der Waals surface area (Å²) in [7, 11) is 0. The van der Waals surface area contributed by atoms with Gasteiger partial charge in [-0.25, -0.2) is 0 Å². The average Bonchev–Trinajstić information content (AvgIpc) is 2.72. The number of amides is 1. The average molecular weight is 366 g/mol. The number of nitrogens with one attached hydrogen (secondary N) is 1. The lowest BCUT2D eigenvalue weighted by Gasteiger charge is -2.28. The van der Waals surface area contributed by atoms with Crippen molar-refractivity contribution in [2.45, 2.75) is 13.3 Å². The number of anilines is 2. The van der Waals surface area contributed by atoms with Gasteiger partial charge in [0.1, 0.15) is 5.75 Å². The van der Waals surface area contributed by atoms with Crippen molar-refractivity contribution >= 4 is 23.4 Å². The third-order valence-corrected chi connectivity index (χ3v) is 4.31. The number of rotatable bonds is 7. The molecular weight excluding hydrogens is 340 g/mol. The lowest BCUT2D eigenvalue weighted by atomic mass is 10.2. The fourth-order valence-electron chi connectivity index (χ4n) is 2.89. The number of hydrogen-bond donors (Lipinski definition) is 1. The van der Waals surface area contributed by atoms with Gasteiger partial charge in [-0.15, -0.1) is 0 Å². The number of hydrogen-bond acceptors (Lipinski definition) is 4. The van der Waals surface area contributed by atoms with Gasteiger partial charge in [-0.2, -0.15) is 0 Å². The maximum absolute atomic E-state index is 12.2. The monoisotopic (exact) mass is 366 g/mol. The Kier molecular flexibility index (Phi) is 6.88. The minimum absolute atomic E-state index is 0.167. The summed E-state index contributed by atoms with van der Waals surface area (Å²) in [5.74, 6) is 0.623. The minimum Gasteiger partial charge on any atom is -0.493 e. The largest absolute Gasteiger partial charge is 0.493 e. The highest BCUT2D eigenvalue weighted by Crippen LogP contribution is 2.21. The number of carbonyl (C=O) groups is 1. The quantitative estimate of drug-likeness (QED) is 0.754. The van der Waals surface area contributed by atoms with Crippen LogP contribution in [-0.2, 0) is 9.53 Å². The van der Waals surface area contributed by atoms with Gasteiger partial charge in [0.05, 0.1) is 19.8 Å². The van der Waals surface area contributed by atoms with Crippen LogP contribution in [0.2, 0.25) is 0 Å². The lowest BCUT2D eigenvalue weighted by molar-refractivity contribution is -0.111. The second-order valence-electron chi connectivity index (χ2n) is 6.36. The van der Waals surface area contributed by atoms with Crippen molar-refractivity contribution in [2.75, 3.05) is 43.1 Å². The predicted octanol–water partition coefficient (Wildman–Crippen LogP) is 3.96. The second-order valence-corrected chi connectivity index (χ2v) is 6.36. The molecule has 3 rings (SSSR count). The van der Waals surface area contributed by atoms with Crippen LogP contribution in [0.25, 0.3) is 6.08 Å². The smallest absolute Gasteiger partial charge is 0.248 e. The molecule has 1 amide bonds. The second kappa shape index (κ2) is 9.78. The molecule has 1 heterocycles. The van der Waals surface area contributed by atoms with Gasteiger partial charge in [0, 0.05) is 36.1 Å². The number of ether oxygens (including phenoxy) is 2. The van der Waals surface area contributed by atoms with Gasteiger partial charge in [0.25, 0.3) is 0 Å². The van der Waals surface area contributed by atoms with Crippen LogP contribution < -0.4 is 15.0 Å². The molecule has 5 heteroatoms.